The first-order valence-corrected chi connectivity index (χ1v) is 5.47. The third-order valence-electron chi connectivity index (χ3n) is 2.28. The van der Waals surface area contributed by atoms with Gasteiger partial charge in [0.25, 0.3) is 0 Å². The average molecular weight is 191 g/mol. The van der Waals surface area contributed by atoms with Crippen LogP contribution in [0.5, 0.6) is 0 Å². The Bertz CT molecular complexity index is 266. The molecule has 0 saturated heterocycles. The Balaban J connectivity index is 2.25. The van der Waals surface area contributed by atoms with Crippen LogP contribution in [0.25, 0.3) is 0 Å². The SMILES string of the molecule is Cc1cccc(CCCNC(C)C)c1. The number of hydrogen-bond donors (Lipinski definition) is 1. The van der Waals surface area contributed by atoms with E-state index in [1.165, 1.54) is 24.0 Å². The smallest absolute Gasteiger partial charge is 0.00103 e. The number of hydrogen-bond acceptors (Lipinski definition) is 1. The van der Waals surface area contributed by atoms with Gasteiger partial charge >= 0.3 is 0 Å². The minimum absolute atomic E-state index is 0.604. The first-order chi connectivity index (χ1) is 6.68. The van der Waals surface area contributed by atoms with Crippen molar-refractivity contribution in [1.29, 1.82) is 0 Å². The van der Waals surface area contributed by atoms with Crippen molar-refractivity contribution < 1.29 is 0 Å². The normalized spacial score (nSPS) is 10.9. The van der Waals surface area contributed by atoms with Crippen molar-refractivity contribution in [3.05, 3.63) is 35.4 Å². The number of aryl methyl sites for hydroxylation is 2. The molecule has 1 aromatic rings. The molecule has 0 atom stereocenters. The minimum Gasteiger partial charge on any atom is -0.315 e. The second kappa shape index (κ2) is 5.82. The van der Waals surface area contributed by atoms with Crippen LogP contribution in [-0.4, -0.2) is 12.6 Å². The molecule has 0 bridgehead atoms. The highest BCUT2D eigenvalue weighted by Gasteiger charge is 1.94. The van der Waals surface area contributed by atoms with Gasteiger partial charge < -0.3 is 5.32 Å². The lowest BCUT2D eigenvalue weighted by Gasteiger charge is -2.07. The van der Waals surface area contributed by atoms with Gasteiger partial charge in [-0.15, -0.1) is 0 Å². The zero-order valence-electron chi connectivity index (χ0n) is 9.51. The third-order valence-corrected chi connectivity index (χ3v) is 2.28. The lowest BCUT2D eigenvalue weighted by Crippen LogP contribution is -2.23. The van der Waals surface area contributed by atoms with Crippen LogP contribution in [0.1, 0.15) is 31.4 Å². The molecule has 78 valence electrons. The van der Waals surface area contributed by atoms with E-state index in [9.17, 15) is 0 Å². The molecule has 0 saturated carbocycles. The van der Waals surface area contributed by atoms with Gasteiger partial charge in [-0.3, -0.25) is 0 Å². The lowest BCUT2D eigenvalue weighted by atomic mass is 10.1. The molecule has 1 nitrogen and oxygen atoms in total. The predicted octanol–water partition coefficient (Wildman–Crippen LogP) is 2.93. The maximum absolute atomic E-state index is 3.43. The quantitative estimate of drug-likeness (QED) is 0.706. The van der Waals surface area contributed by atoms with E-state index < -0.39 is 0 Å². The summed E-state index contributed by atoms with van der Waals surface area (Å²) in [7, 11) is 0. The van der Waals surface area contributed by atoms with E-state index in [-0.39, 0.29) is 0 Å². The number of rotatable bonds is 5. The summed E-state index contributed by atoms with van der Waals surface area (Å²) in [6.45, 7) is 7.64. The van der Waals surface area contributed by atoms with Gasteiger partial charge in [-0.05, 0) is 31.9 Å². The number of nitrogens with one attached hydrogen (secondary N) is 1. The van der Waals surface area contributed by atoms with Gasteiger partial charge in [-0.2, -0.15) is 0 Å². The maximum Gasteiger partial charge on any atom is 0.00103 e. The molecule has 0 aliphatic rings. The molecule has 0 aliphatic carbocycles. The second-order valence-corrected chi connectivity index (χ2v) is 4.20. The van der Waals surface area contributed by atoms with Crippen molar-refractivity contribution in [3.63, 3.8) is 0 Å². The molecule has 0 amide bonds. The largest absolute Gasteiger partial charge is 0.315 e. The standard InChI is InChI=1S/C13H21N/c1-11(2)14-9-5-8-13-7-4-6-12(3)10-13/h4,6-7,10-11,14H,5,8-9H2,1-3H3. The van der Waals surface area contributed by atoms with E-state index in [1.54, 1.807) is 0 Å². The Morgan fingerprint density at radius 1 is 1.29 bits per heavy atom. The molecule has 0 aliphatic heterocycles. The van der Waals surface area contributed by atoms with Gasteiger partial charge in [-0.1, -0.05) is 43.7 Å². The summed E-state index contributed by atoms with van der Waals surface area (Å²) in [6, 6.07) is 9.38. The summed E-state index contributed by atoms with van der Waals surface area (Å²) in [5, 5.41) is 3.43. The van der Waals surface area contributed by atoms with Crippen LogP contribution < -0.4 is 5.32 Å². The van der Waals surface area contributed by atoms with Crippen molar-refractivity contribution in [1.82, 2.24) is 5.32 Å². The summed E-state index contributed by atoms with van der Waals surface area (Å²) < 4.78 is 0. The van der Waals surface area contributed by atoms with Gasteiger partial charge in [0.2, 0.25) is 0 Å². The topological polar surface area (TPSA) is 12.0 Å². The van der Waals surface area contributed by atoms with E-state index in [2.05, 4.69) is 50.4 Å². The maximum atomic E-state index is 3.43. The molecule has 0 heterocycles. The summed E-state index contributed by atoms with van der Waals surface area (Å²) in [6.07, 6.45) is 2.41. The summed E-state index contributed by atoms with van der Waals surface area (Å²) >= 11 is 0. The molecule has 0 spiro atoms. The minimum atomic E-state index is 0.604. The second-order valence-electron chi connectivity index (χ2n) is 4.20. The van der Waals surface area contributed by atoms with Crippen LogP contribution in [0.2, 0.25) is 0 Å². The van der Waals surface area contributed by atoms with Crippen LogP contribution in [-0.2, 0) is 6.42 Å². The molecule has 0 unspecified atom stereocenters. The molecular formula is C13H21N. The fraction of sp³-hybridized carbons (Fsp3) is 0.538. The zero-order chi connectivity index (χ0) is 10.4. The lowest BCUT2D eigenvalue weighted by molar-refractivity contribution is 0.570. The van der Waals surface area contributed by atoms with Gasteiger partial charge in [-0.25, -0.2) is 0 Å². The third kappa shape index (κ3) is 4.43. The highest BCUT2D eigenvalue weighted by Crippen LogP contribution is 2.05. The van der Waals surface area contributed by atoms with Crippen molar-refractivity contribution in [2.45, 2.75) is 39.7 Å². The summed E-state index contributed by atoms with van der Waals surface area (Å²) in [5.41, 5.74) is 2.81. The van der Waals surface area contributed by atoms with Gasteiger partial charge in [0.15, 0.2) is 0 Å². The molecule has 1 N–H and O–H groups in total. The Kier molecular flexibility index (Phi) is 4.68. The van der Waals surface area contributed by atoms with Crippen LogP contribution in [0.15, 0.2) is 24.3 Å². The molecule has 0 radical (unpaired) electrons. The summed E-state index contributed by atoms with van der Waals surface area (Å²) in [4.78, 5) is 0. The van der Waals surface area contributed by atoms with E-state index in [1.807, 2.05) is 0 Å². The summed E-state index contributed by atoms with van der Waals surface area (Å²) in [5.74, 6) is 0. The van der Waals surface area contributed by atoms with Crippen LogP contribution in [0, 0.1) is 6.92 Å². The van der Waals surface area contributed by atoms with Crippen LogP contribution in [0.3, 0.4) is 0 Å². The highest BCUT2D eigenvalue weighted by molar-refractivity contribution is 5.22. The molecule has 1 aromatic carbocycles. The average Bonchev–Trinajstić information content (AvgIpc) is 2.12. The fourth-order valence-corrected chi connectivity index (χ4v) is 1.55. The predicted molar refractivity (Wildman–Crippen MR) is 62.6 cm³/mol. The van der Waals surface area contributed by atoms with E-state index in [0.29, 0.717) is 6.04 Å². The monoisotopic (exact) mass is 191 g/mol. The Morgan fingerprint density at radius 3 is 2.71 bits per heavy atom. The van der Waals surface area contributed by atoms with E-state index >= 15 is 0 Å². The van der Waals surface area contributed by atoms with Crippen LogP contribution >= 0.6 is 0 Å². The van der Waals surface area contributed by atoms with Crippen molar-refractivity contribution in [2.24, 2.45) is 0 Å². The van der Waals surface area contributed by atoms with E-state index in [0.717, 1.165) is 6.54 Å². The molecule has 0 fully saturated rings. The van der Waals surface area contributed by atoms with Gasteiger partial charge in [0, 0.05) is 6.04 Å². The van der Waals surface area contributed by atoms with Crippen molar-refractivity contribution in [3.8, 4) is 0 Å². The Hall–Kier alpha value is -0.820. The highest BCUT2D eigenvalue weighted by atomic mass is 14.9. The van der Waals surface area contributed by atoms with Crippen molar-refractivity contribution >= 4 is 0 Å². The molecule has 14 heavy (non-hydrogen) atoms. The Morgan fingerprint density at radius 2 is 2.07 bits per heavy atom. The first-order valence-electron chi connectivity index (χ1n) is 5.47. The van der Waals surface area contributed by atoms with E-state index in [4.69, 9.17) is 0 Å². The number of benzene rings is 1. The zero-order valence-corrected chi connectivity index (χ0v) is 9.51. The van der Waals surface area contributed by atoms with Gasteiger partial charge in [0.05, 0.1) is 0 Å². The van der Waals surface area contributed by atoms with Crippen molar-refractivity contribution in [2.75, 3.05) is 6.54 Å². The molecule has 1 rings (SSSR count). The van der Waals surface area contributed by atoms with Gasteiger partial charge in [0.1, 0.15) is 0 Å². The molecular weight excluding hydrogens is 170 g/mol. The molecule has 0 aromatic heterocycles. The van der Waals surface area contributed by atoms with Crippen LogP contribution in [0.4, 0.5) is 0 Å². The fourth-order valence-electron chi connectivity index (χ4n) is 1.55. The first kappa shape index (κ1) is 11.3. The molecule has 1 heteroatoms. The Labute approximate surface area is 87.5 Å².